The number of rotatable bonds is 4. The van der Waals surface area contributed by atoms with Gasteiger partial charge in [-0.25, -0.2) is 4.79 Å². The Morgan fingerprint density at radius 2 is 2.38 bits per heavy atom. The first-order valence-corrected chi connectivity index (χ1v) is 8.42. The molecule has 2 atom stereocenters. The number of hydrogen-bond donors (Lipinski definition) is 1. The Hall–Kier alpha value is -1.04. The lowest BCUT2D eigenvalue weighted by molar-refractivity contribution is -0.149. The van der Waals surface area contributed by atoms with Crippen LogP contribution in [-0.2, 0) is 19.8 Å². The molecule has 0 saturated carbocycles. The molecule has 3 rings (SSSR count). The maximum Gasteiger partial charge on any atom is 0.330 e. The van der Waals surface area contributed by atoms with Crippen molar-refractivity contribution in [1.82, 2.24) is 5.32 Å². The summed E-state index contributed by atoms with van der Waals surface area (Å²) in [6, 6.07) is 8.10. The minimum Gasteiger partial charge on any atom is -0.467 e. The summed E-state index contributed by atoms with van der Waals surface area (Å²) in [5.74, 6) is 0.707. The molecule has 5 heteroatoms. The molecule has 21 heavy (non-hydrogen) atoms. The van der Waals surface area contributed by atoms with Crippen LogP contribution in [0.1, 0.15) is 24.8 Å². The number of hydrogen-bond acceptors (Lipinski definition) is 5. The number of ether oxygens (including phenoxy) is 2. The van der Waals surface area contributed by atoms with Crippen LogP contribution in [0.25, 0.3) is 0 Å². The van der Waals surface area contributed by atoms with Crippen LogP contribution in [-0.4, -0.2) is 38.1 Å². The van der Waals surface area contributed by atoms with Gasteiger partial charge >= 0.3 is 5.97 Å². The van der Waals surface area contributed by atoms with Crippen molar-refractivity contribution >= 4 is 17.7 Å². The first-order chi connectivity index (χ1) is 10.3. The SMILES string of the molecule is COC(=O)C1(NCC2CCCO2)CCSc2ccccc21. The third-order valence-electron chi connectivity index (χ3n) is 4.27. The monoisotopic (exact) mass is 307 g/mol. The lowest BCUT2D eigenvalue weighted by Crippen LogP contribution is -2.53. The molecule has 1 fully saturated rings. The van der Waals surface area contributed by atoms with Crippen molar-refractivity contribution in [2.24, 2.45) is 0 Å². The predicted octanol–water partition coefficient (Wildman–Crippen LogP) is 2.32. The van der Waals surface area contributed by atoms with Crippen molar-refractivity contribution in [3.63, 3.8) is 0 Å². The predicted molar refractivity (Wildman–Crippen MR) is 82.5 cm³/mol. The number of carbonyl (C=O) groups is 1. The van der Waals surface area contributed by atoms with Crippen LogP contribution < -0.4 is 5.32 Å². The zero-order valence-electron chi connectivity index (χ0n) is 12.3. The Kier molecular flexibility index (Phi) is 4.52. The first kappa shape index (κ1) is 14.9. The van der Waals surface area contributed by atoms with Gasteiger partial charge < -0.3 is 9.47 Å². The van der Waals surface area contributed by atoms with Crippen LogP contribution in [0.2, 0.25) is 0 Å². The molecule has 1 N–H and O–H groups in total. The van der Waals surface area contributed by atoms with E-state index in [-0.39, 0.29) is 12.1 Å². The summed E-state index contributed by atoms with van der Waals surface area (Å²) in [6.45, 7) is 1.51. The molecule has 1 saturated heterocycles. The summed E-state index contributed by atoms with van der Waals surface area (Å²) in [4.78, 5) is 13.7. The van der Waals surface area contributed by atoms with Crippen molar-refractivity contribution in [2.45, 2.75) is 35.8 Å². The number of fused-ring (bicyclic) bond motifs is 1. The summed E-state index contributed by atoms with van der Waals surface area (Å²) >= 11 is 1.80. The molecule has 114 valence electrons. The van der Waals surface area contributed by atoms with Gasteiger partial charge in [0.1, 0.15) is 5.54 Å². The Morgan fingerprint density at radius 3 is 3.14 bits per heavy atom. The highest BCUT2D eigenvalue weighted by Gasteiger charge is 2.44. The largest absolute Gasteiger partial charge is 0.467 e. The van der Waals surface area contributed by atoms with Gasteiger partial charge in [-0.05, 0) is 30.9 Å². The topological polar surface area (TPSA) is 47.6 Å². The smallest absolute Gasteiger partial charge is 0.330 e. The fourth-order valence-electron chi connectivity index (χ4n) is 3.13. The van der Waals surface area contributed by atoms with E-state index >= 15 is 0 Å². The lowest BCUT2D eigenvalue weighted by Gasteiger charge is -2.37. The minimum atomic E-state index is -0.734. The van der Waals surface area contributed by atoms with Gasteiger partial charge in [0.2, 0.25) is 0 Å². The highest BCUT2D eigenvalue weighted by Crippen LogP contribution is 2.41. The quantitative estimate of drug-likeness (QED) is 0.865. The van der Waals surface area contributed by atoms with Crippen LogP contribution in [0, 0.1) is 0 Å². The molecule has 0 aromatic heterocycles. The van der Waals surface area contributed by atoms with Gasteiger partial charge in [0, 0.05) is 23.8 Å². The van der Waals surface area contributed by atoms with Crippen LogP contribution in [0.5, 0.6) is 0 Å². The number of esters is 1. The van der Waals surface area contributed by atoms with Gasteiger partial charge in [-0.3, -0.25) is 5.32 Å². The van der Waals surface area contributed by atoms with Gasteiger partial charge in [0.05, 0.1) is 13.2 Å². The number of nitrogens with one attached hydrogen (secondary N) is 1. The molecular formula is C16H21NO3S. The first-order valence-electron chi connectivity index (χ1n) is 7.43. The van der Waals surface area contributed by atoms with E-state index in [0.717, 1.165) is 42.1 Å². The van der Waals surface area contributed by atoms with E-state index in [4.69, 9.17) is 9.47 Å². The van der Waals surface area contributed by atoms with Gasteiger partial charge in [0.25, 0.3) is 0 Å². The van der Waals surface area contributed by atoms with E-state index in [1.54, 1.807) is 11.8 Å². The zero-order chi connectivity index (χ0) is 14.7. The summed E-state index contributed by atoms with van der Waals surface area (Å²) in [7, 11) is 1.46. The molecule has 2 aliphatic rings. The summed E-state index contributed by atoms with van der Waals surface area (Å²) < 4.78 is 10.8. The second-order valence-electron chi connectivity index (χ2n) is 5.51. The molecule has 0 spiro atoms. The number of thioether (sulfide) groups is 1. The van der Waals surface area contributed by atoms with Crippen molar-refractivity contribution in [2.75, 3.05) is 26.0 Å². The second-order valence-corrected chi connectivity index (χ2v) is 6.64. The number of benzene rings is 1. The molecule has 0 amide bonds. The molecule has 1 aromatic rings. The van der Waals surface area contributed by atoms with Crippen molar-refractivity contribution in [3.05, 3.63) is 29.8 Å². The van der Waals surface area contributed by atoms with Crippen LogP contribution >= 0.6 is 11.8 Å². The number of methoxy groups -OCH3 is 1. The normalized spacial score (nSPS) is 28.1. The third-order valence-corrected chi connectivity index (χ3v) is 5.35. The van der Waals surface area contributed by atoms with Gasteiger partial charge in [-0.1, -0.05) is 18.2 Å². The van der Waals surface area contributed by atoms with Crippen LogP contribution in [0.4, 0.5) is 0 Å². The fraction of sp³-hybridized carbons (Fsp3) is 0.562. The molecular weight excluding hydrogens is 286 g/mol. The molecule has 0 aliphatic carbocycles. The third kappa shape index (κ3) is 2.82. The number of carbonyl (C=O) groups excluding carboxylic acids is 1. The van der Waals surface area contributed by atoms with Crippen molar-refractivity contribution < 1.29 is 14.3 Å². The molecule has 2 heterocycles. The molecule has 4 nitrogen and oxygen atoms in total. The van der Waals surface area contributed by atoms with Crippen LogP contribution in [0.3, 0.4) is 0 Å². The standard InChI is InChI=1S/C16H21NO3S/c1-19-15(18)16(17-11-12-5-4-9-20-12)8-10-21-14-7-3-2-6-13(14)16/h2-3,6-7,12,17H,4-5,8-11H2,1H3. The Labute approximate surface area is 129 Å². The summed E-state index contributed by atoms with van der Waals surface area (Å²) in [5, 5.41) is 3.47. The molecule has 0 radical (unpaired) electrons. The van der Waals surface area contributed by atoms with Gasteiger partial charge in [-0.2, -0.15) is 0 Å². The average Bonchev–Trinajstić information content (AvgIpc) is 3.05. The highest BCUT2D eigenvalue weighted by atomic mass is 32.2. The average molecular weight is 307 g/mol. The molecule has 2 aliphatic heterocycles. The molecule has 1 aromatic carbocycles. The maximum atomic E-state index is 12.5. The van der Waals surface area contributed by atoms with E-state index in [9.17, 15) is 4.79 Å². The maximum absolute atomic E-state index is 12.5. The molecule has 2 unspecified atom stereocenters. The highest BCUT2D eigenvalue weighted by molar-refractivity contribution is 7.99. The van der Waals surface area contributed by atoms with Crippen LogP contribution in [0.15, 0.2) is 29.2 Å². The fourth-order valence-corrected chi connectivity index (χ4v) is 4.33. The summed E-state index contributed by atoms with van der Waals surface area (Å²) in [6.07, 6.45) is 3.10. The Bertz CT molecular complexity index is 516. The van der Waals surface area contributed by atoms with E-state index in [1.807, 2.05) is 18.2 Å². The zero-order valence-corrected chi connectivity index (χ0v) is 13.1. The minimum absolute atomic E-state index is 0.201. The van der Waals surface area contributed by atoms with E-state index in [1.165, 1.54) is 7.11 Å². The second kappa shape index (κ2) is 6.38. The lowest BCUT2D eigenvalue weighted by atomic mass is 9.86. The van der Waals surface area contributed by atoms with Gasteiger partial charge in [0.15, 0.2) is 0 Å². The summed E-state index contributed by atoms with van der Waals surface area (Å²) in [5.41, 5.74) is 0.300. The van der Waals surface area contributed by atoms with Crippen molar-refractivity contribution in [3.8, 4) is 0 Å². The van der Waals surface area contributed by atoms with E-state index in [2.05, 4.69) is 11.4 Å². The van der Waals surface area contributed by atoms with Gasteiger partial charge in [-0.15, -0.1) is 11.8 Å². The molecule has 0 bridgehead atoms. The van der Waals surface area contributed by atoms with E-state index < -0.39 is 5.54 Å². The Balaban J connectivity index is 1.88. The van der Waals surface area contributed by atoms with Crippen molar-refractivity contribution in [1.29, 1.82) is 0 Å². The Morgan fingerprint density at radius 1 is 1.52 bits per heavy atom. The van der Waals surface area contributed by atoms with E-state index in [0.29, 0.717) is 6.54 Å².